The van der Waals surface area contributed by atoms with E-state index in [1.807, 2.05) is 29.3 Å². The van der Waals surface area contributed by atoms with Gasteiger partial charge >= 0.3 is 0 Å². The number of carbonyl (C=O) groups excluding carboxylic acids is 1. The summed E-state index contributed by atoms with van der Waals surface area (Å²) < 4.78 is 0. The van der Waals surface area contributed by atoms with Crippen LogP contribution in [0.5, 0.6) is 0 Å². The fourth-order valence-electron chi connectivity index (χ4n) is 2.67. The van der Waals surface area contributed by atoms with E-state index in [0.717, 1.165) is 24.3 Å². The van der Waals surface area contributed by atoms with Gasteiger partial charge in [-0.25, -0.2) is 0 Å². The second kappa shape index (κ2) is 7.27. The Balaban J connectivity index is 0.00000180. The van der Waals surface area contributed by atoms with Gasteiger partial charge in [-0.2, -0.15) is 0 Å². The molecule has 1 aromatic heterocycles. The molecule has 1 aliphatic heterocycles. The van der Waals surface area contributed by atoms with Gasteiger partial charge in [0.2, 0.25) is 5.91 Å². The number of nitrogens with two attached hydrogens (primary N) is 1. The molecule has 1 aromatic rings. The number of halogens is 1. The monoisotopic (exact) mass is 302 g/mol. The molecule has 19 heavy (non-hydrogen) atoms. The molecule has 0 aliphatic carbocycles. The maximum Gasteiger partial charge on any atom is 0.230 e. The summed E-state index contributed by atoms with van der Waals surface area (Å²) in [5, 5.41) is 2.03. The summed E-state index contributed by atoms with van der Waals surface area (Å²) in [6.45, 7) is 5.68. The highest BCUT2D eigenvalue weighted by Gasteiger charge is 2.31. The van der Waals surface area contributed by atoms with Crippen molar-refractivity contribution < 1.29 is 4.79 Å². The Morgan fingerprint density at radius 3 is 2.95 bits per heavy atom. The molecule has 0 spiro atoms. The van der Waals surface area contributed by atoms with Gasteiger partial charge in [-0.05, 0) is 37.1 Å². The average molecular weight is 303 g/mol. The third kappa shape index (κ3) is 3.71. The topological polar surface area (TPSA) is 46.3 Å². The van der Waals surface area contributed by atoms with Crippen LogP contribution in [0.15, 0.2) is 17.5 Å². The molecular formula is C14H23ClN2OS. The molecule has 0 saturated carbocycles. The summed E-state index contributed by atoms with van der Waals surface area (Å²) in [5.74, 6) is 0.881. The largest absolute Gasteiger partial charge is 0.338 e. The van der Waals surface area contributed by atoms with Crippen LogP contribution in [0.3, 0.4) is 0 Å². The number of hydrogen-bond donors (Lipinski definition) is 1. The van der Waals surface area contributed by atoms with Gasteiger partial charge < -0.3 is 10.6 Å². The van der Waals surface area contributed by atoms with Crippen LogP contribution in [-0.2, 0) is 4.79 Å². The van der Waals surface area contributed by atoms with Gasteiger partial charge in [-0.3, -0.25) is 4.79 Å². The van der Waals surface area contributed by atoms with Crippen molar-refractivity contribution in [2.45, 2.75) is 38.6 Å². The van der Waals surface area contributed by atoms with E-state index in [4.69, 9.17) is 5.73 Å². The van der Waals surface area contributed by atoms with E-state index >= 15 is 0 Å². The molecule has 108 valence electrons. The highest BCUT2D eigenvalue weighted by Crippen LogP contribution is 2.28. The molecule has 5 heteroatoms. The molecule has 3 unspecified atom stereocenters. The molecular weight excluding hydrogens is 280 g/mol. The van der Waals surface area contributed by atoms with Crippen LogP contribution >= 0.6 is 23.7 Å². The fraction of sp³-hybridized carbons (Fsp3) is 0.643. The van der Waals surface area contributed by atoms with E-state index in [1.165, 1.54) is 0 Å². The SMILES string of the molecule is CC1CCN(C(=O)C(C)c2cccs2)C(CN)C1.Cl. The minimum atomic E-state index is -0.0348. The van der Waals surface area contributed by atoms with E-state index in [2.05, 4.69) is 6.92 Å². The van der Waals surface area contributed by atoms with E-state index < -0.39 is 0 Å². The predicted molar refractivity (Wildman–Crippen MR) is 82.9 cm³/mol. The number of rotatable bonds is 3. The van der Waals surface area contributed by atoms with Crippen LogP contribution in [0.1, 0.15) is 37.5 Å². The average Bonchev–Trinajstić information content (AvgIpc) is 2.90. The van der Waals surface area contributed by atoms with Gasteiger partial charge in [-0.15, -0.1) is 23.7 Å². The number of nitrogens with zero attached hydrogens (tertiary/aromatic N) is 1. The lowest BCUT2D eigenvalue weighted by molar-refractivity contribution is -0.136. The molecule has 3 atom stereocenters. The fourth-order valence-corrected chi connectivity index (χ4v) is 3.45. The van der Waals surface area contributed by atoms with Crippen molar-refractivity contribution in [3.63, 3.8) is 0 Å². The van der Waals surface area contributed by atoms with Crippen LogP contribution in [-0.4, -0.2) is 29.9 Å². The predicted octanol–water partition coefficient (Wildman–Crippen LogP) is 2.86. The molecule has 1 saturated heterocycles. The Morgan fingerprint density at radius 1 is 1.63 bits per heavy atom. The van der Waals surface area contributed by atoms with Crippen LogP contribution in [0.4, 0.5) is 0 Å². The van der Waals surface area contributed by atoms with Crippen molar-refractivity contribution in [2.24, 2.45) is 11.7 Å². The first-order chi connectivity index (χ1) is 8.63. The van der Waals surface area contributed by atoms with Crippen LogP contribution in [0.2, 0.25) is 0 Å². The quantitative estimate of drug-likeness (QED) is 0.933. The number of carbonyl (C=O) groups is 1. The zero-order chi connectivity index (χ0) is 13.1. The molecule has 0 aromatic carbocycles. The van der Waals surface area contributed by atoms with Crippen molar-refractivity contribution in [3.8, 4) is 0 Å². The minimum absolute atomic E-state index is 0. The molecule has 2 N–H and O–H groups in total. The molecule has 0 bridgehead atoms. The smallest absolute Gasteiger partial charge is 0.230 e. The Kier molecular flexibility index (Phi) is 6.30. The van der Waals surface area contributed by atoms with Crippen LogP contribution in [0, 0.1) is 5.92 Å². The number of piperidine rings is 1. The first-order valence-corrected chi connectivity index (χ1v) is 7.55. The van der Waals surface area contributed by atoms with E-state index in [0.29, 0.717) is 12.5 Å². The van der Waals surface area contributed by atoms with Gasteiger partial charge in [0, 0.05) is 24.0 Å². The molecule has 2 rings (SSSR count). The Bertz CT molecular complexity index is 396. The van der Waals surface area contributed by atoms with Crippen molar-refractivity contribution in [1.29, 1.82) is 0 Å². The van der Waals surface area contributed by atoms with Gasteiger partial charge in [0.05, 0.1) is 5.92 Å². The molecule has 1 fully saturated rings. The van der Waals surface area contributed by atoms with Gasteiger partial charge in [0.1, 0.15) is 0 Å². The van der Waals surface area contributed by atoms with Gasteiger partial charge in [0.25, 0.3) is 0 Å². The summed E-state index contributed by atoms with van der Waals surface area (Å²) in [6, 6.07) is 4.27. The molecule has 3 nitrogen and oxygen atoms in total. The maximum absolute atomic E-state index is 12.5. The summed E-state index contributed by atoms with van der Waals surface area (Å²) in [7, 11) is 0. The molecule has 2 heterocycles. The summed E-state index contributed by atoms with van der Waals surface area (Å²) in [5.41, 5.74) is 5.82. The lowest BCUT2D eigenvalue weighted by Crippen LogP contribution is -2.50. The maximum atomic E-state index is 12.5. The number of thiophene rings is 1. The number of hydrogen-bond acceptors (Lipinski definition) is 3. The van der Waals surface area contributed by atoms with Crippen molar-refractivity contribution in [1.82, 2.24) is 4.90 Å². The van der Waals surface area contributed by atoms with Crippen molar-refractivity contribution in [3.05, 3.63) is 22.4 Å². The zero-order valence-electron chi connectivity index (χ0n) is 11.5. The van der Waals surface area contributed by atoms with Crippen LogP contribution < -0.4 is 5.73 Å². The number of likely N-dealkylation sites (tertiary alicyclic amines) is 1. The normalized spacial score (nSPS) is 24.7. The van der Waals surface area contributed by atoms with Crippen molar-refractivity contribution >= 4 is 29.7 Å². The molecule has 1 aliphatic rings. The minimum Gasteiger partial charge on any atom is -0.338 e. The summed E-state index contributed by atoms with van der Waals surface area (Å²) in [6.07, 6.45) is 2.14. The first kappa shape index (κ1) is 16.5. The summed E-state index contributed by atoms with van der Waals surface area (Å²) in [4.78, 5) is 15.7. The Morgan fingerprint density at radius 2 is 2.37 bits per heavy atom. The zero-order valence-corrected chi connectivity index (χ0v) is 13.2. The van der Waals surface area contributed by atoms with E-state index in [1.54, 1.807) is 11.3 Å². The lowest BCUT2D eigenvalue weighted by Gasteiger charge is -2.39. The van der Waals surface area contributed by atoms with Gasteiger partial charge in [-0.1, -0.05) is 13.0 Å². The number of amides is 1. The second-order valence-electron chi connectivity index (χ2n) is 5.29. The third-order valence-electron chi connectivity index (χ3n) is 3.87. The molecule has 1 amide bonds. The van der Waals surface area contributed by atoms with Gasteiger partial charge in [0.15, 0.2) is 0 Å². The van der Waals surface area contributed by atoms with E-state index in [9.17, 15) is 4.79 Å². The Hall–Kier alpha value is -0.580. The first-order valence-electron chi connectivity index (χ1n) is 6.67. The summed E-state index contributed by atoms with van der Waals surface area (Å²) >= 11 is 1.65. The lowest BCUT2D eigenvalue weighted by atomic mass is 9.91. The third-order valence-corrected chi connectivity index (χ3v) is 4.93. The molecule has 0 radical (unpaired) electrons. The van der Waals surface area contributed by atoms with Crippen molar-refractivity contribution in [2.75, 3.05) is 13.1 Å². The highest BCUT2D eigenvalue weighted by molar-refractivity contribution is 7.10. The second-order valence-corrected chi connectivity index (χ2v) is 6.27. The Labute approximate surface area is 125 Å². The van der Waals surface area contributed by atoms with E-state index in [-0.39, 0.29) is 30.3 Å². The van der Waals surface area contributed by atoms with Crippen LogP contribution in [0.25, 0.3) is 0 Å². The standard InChI is InChI=1S/C14H22N2OS.ClH/c1-10-5-6-16(12(8-10)9-15)14(17)11(2)13-4-3-7-18-13;/h3-4,7,10-12H,5-6,8-9,15H2,1-2H3;1H. The highest BCUT2D eigenvalue weighted by atomic mass is 35.5.